The van der Waals surface area contributed by atoms with Crippen LogP contribution >= 0.6 is 0 Å². The number of morpholine rings is 1. The van der Waals surface area contributed by atoms with Crippen molar-refractivity contribution in [2.24, 2.45) is 5.92 Å². The van der Waals surface area contributed by atoms with Gasteiger partial charge in [-0.1, -0.05) is 0 Å². The van der Waals surface area contributed by atoms with Crippen molar-refractivity contribution < 1.29 is 13.9 Å². The fourth-order valence-corrected chi connectivity index (χ4v) is 5.02. The second-order valence-corrected chi connectivity index (χ2v) is 8.97. The minimum absolute atomic E-state index is 0.0510. The summed E-state index contributed by atoms with van der Waals surface area (Å²) in [5.41, 5.74) is 2.08. The van der Waals surface area contributed by atoms with E-state index in [1.165, 1.54) is 0 Å². The smallest absolute Gasteiger partial charge is 0.228 e. The van der Waals surface area contributed by atoms with E-state index in [9.17, 15) is 4.79 Å². The van der Waals surface area contributed by atoms with Gasteiger partial charge in [0.25, 0.3) is 0 Å². The number of pyridine rings is 1. The number of rotatable bonds is 4. The molecule has 168 valence electrons. The summed E-state index contributed by atoms with van der Waals surface area (Å²) in [6.45, 7) is 7.57. The second kappa shape index (κ2) is 9.00. The van der Waals surface area contributed by atoms with Crippen LogP contribution in [0.5, 0.6) is 0 Å². The van der Waals surface area contributed by atoms with Crippen LogP contribution in [0.4, 0.5) is 5.82 Å². The quantitative estimate of drug-likeness (QED) is 0.658. The predicted octanol–water partition coefficient (Wildman–Crippen LogP) is 4.34. The first-order valence-corrected chi connectivity index (χ1v) is 11.5. The average molecular weight is 435 g/mol. The van der Waals surface area contributed by atoms with Crippen molar-refractivity contribution in [3.05, 3.63) is 42.0 Å². The molecule has 1 aliphatic carbocycles. The van der Waals surface area contributed by atoms with Crippen molar-refractivity contribution >= 4 is 22.5 Å². The molecule has 2 aliphatic rings. The molecule has 0 atom stereocenters. The zero-order valence-corrected chi connectivity index (χ0v) is 18.8. The molecule has 1 saturated heterocycles. The van der Waals surface area contributed by atoms with Gasteiger partial charge in [0.1, 0.15) is 5.82 Å². The van der Waals surface area contributed by atoms with Crippen LogP contribution in [-0.2, 0) is 9.53 Å². The Kier molecular flexibility index (Phi) is 5.93. The van der Waals surface area contributed by atoms with Crippen molar-refractivity contribution in [2.75, 3.05) is 31.6 Å². The molecule has 2 aromatic heterocycles. The maximum absolute atomic E-state index is 12.9. The van der Waals surface area contributed by atoms with E-state index in [-0.39, 0.29) is 11.8 Å². The molecule has 7 nitrogen and oxygen atoms in total. The first-order chi connectivity index (χ1) is 15.6. The molecule has 0 radical (unpaired) electrons. The first-order valence-electron chi connectivity index (χ1n) is 11.5. The lowest BCUT2D eigenvalue weighted by Crippen LogP contribution is -2.45. The van der Waals surface area contributed by atoms with E-state index >= 15 is 0 Å². The highest BCUT2D eigenvalue weighted by Crippen LogP contribution is 2.31. The normalized spacial score (nSPS) is 22.2. The minimum atomic E-state index is 0.0510. The zero-order valence-electron chi connectivity index (χ0n) is 18.8. The molecule has 0 unspecified atom stereocenters. The number of aromatic nitrogens is 2. The molecule has 7 heteroatoms. The number of anilines is 1. The van der Waals surface area contributed by atoms with Gasteiger partial charge in [0, 0.05) is 49.1 Å². The van der Waals surface area contributed by atoms with Crippen LogP contribution in [-0.4, -0.2) is 53.1 Å². The Hall–Kier alpha value is -2.77. The van der Waals surface area contributed by atoms with Gasteiger partial charge in [-0.25, -0.2) is 9.97 Å². The summed E-state index contributed by atoms with van der Waals surface area (Å²) in [6.07, 6.45) is 7.58. The van der Waals surface area contributed by atoms with Crippen LogP contribution in [0.2, 0.25) is 0 Å². The highest BCUT2D eigenvalue weighted by molar-refractivity contribution is 5.95. The first kappa shape index (κ1) is 21.1. The van der Waals surface area contributed by atoms with E-state index in [1.54, 1.807) is 6.20 Å². The molecule has 0 spiro atoms. The Bertz CT molecular complexity index is 1110. The number of oxazole rings is 1. The van der Waals surface area contributed by atoms with Crippen molar-refractivity contribution in [1.82, 2.24) is 14.9 Å². The van der Waals surface area contributed by atoms with E-state index in [4.69, 9.17) is 9.15 Å². The Labute approximate surface area is 188 Å². The van der Waals surface area contributed by atoms with E-state index in [0.29, 0.717) is 17.8 Å². The fraction of sp³-hybridized carbons (Fsp3) is 0.480. The standard InChI is InChI=1S/C25H30N4O3/c1-16-11-20(23-15-26-17(2)32-23)12-19-13-24(27-14-22(16)19)28-25(30)18-3-5-21(6-4-18)29-7-9-31-10-8-29/h11-15,18,21H,3-10H2,1-2H3,(H,27,28,30). The number of amides is 1. The summed E-state index contributed by atoms with van der Waals surface area (Å²) in [5, 5.41) is 5.15. The number of carbonyl (C=O) groups excluding carboxylic acids is 1. The second-order valence-electron chi connectivity index (χ2n) is 8.97. The largest absolute Gasteiger partial charge is 0.441 e. The maximum atomic E-state index is 12.9. The van der Waals surface area contributed by atoms with E-state index in [2.05, 4.69) is 39.2 Å². The van der Waals surface area contributed by atoms with Gasteiger partial charge >= 0.3 is 0 Å². The molecular weight excluding hydrogens is 404 g/mol. The summed E-state index contributed by atoms with van der Waals surface area (Å²) in [7, 11) is 0. The van der Waals surface area contributed by atoms with Gasteiger partial charge in [0.05, 0.1) is 19.4 Å². The van der Waals surface area contributed by atoms with Crippen LogP contribution < -0.4 is 5.32 Å². The van der Waals surface area contributed by atoms with Gasteiger partial charge in [-0.15, -0.1) is 0 Å². The van der Waals surface area contributed by atoms with E-state index in [1.807, 2.05) is 19.2 Å². The minimum Gasteiger partial charge on any atom is -0.441 e. The van der Waals surface area contributed by atoms with Gasteiger partial charge in [-0.3, -0.25) is 9.69 Å². The van der Waals surface area contributed by atoms with Crippen LogP contribution in [0.1, 0.15) is 37.1 Å². The van der Waals surface area contributed by atoms with Gasteiger partial charge in [0.2, 0.25) is 5.91 Å². The molecule has 3 heterocycles. The van der Waals surface area contributed by atoms with Crippen molar-refractivity contribution in [3.8, 4) is 11.3 Å². The van der Waals surface area contributed by atoms with Gasteiger partial charge < -0.3 is 14.5 Å². The Morgan fingerprint density at radius 3 is 2.53 bits per heavy atom. The summed E-state index contributed by atoms with van der Waals surface area (Å²) >= 11 is 0. The van der Waals surface area contributed by atoms with Crippen LogP contribution in [0, 0.1) is 19.8 Å². The zero-order chi connectivity index (χ0) is 22.1. The molecule has 1 amide bonds. The number of benzene rings is 1. The molecule has 2 fully saturated rings. The van der Waals surface area contributed by atoms with Crippen LogP contribution in [0.3, 0.4) is 0 Å². The fourth-order valence-electron chi connectivity index (χ4n) is 5.02. The van der Waals surface area contributed by atoms with Crippen molar-refractivity contribution in [1.29, 1.82) is 0 Å². The molecule has 1 N–H and O–H groups in total. The highest BCUT2D eigenvalue weighted by Gasteiger charge is 2.30. The Balaban J connectivity index is 1.27. The van der Waals surface area contributed by atoms with Gasteiger partial charge in [0.15, 0.2) is 11.7 Å². The molecule has 5 rings (SSSR count). The van der Waals surface area contributed by atoms with Gasteiger partial charge in [-0.2, -0.15) is 0 Å². The third-order valence-corrected chi connectivity index (χ3v) is 6.83. The summed E-state index contributed by atoms with van der Waals surface area (Å²) < 4.78 is 11.2. The third-order valence-electron chi connectivity index (χ3n) is 6.83. The molecule has 3 aromatic rings. The number of aryl methyl sites for hydroxylation is 2. The lowest BCUT2D eigenvalue weighted by atomic mass is 9.84. The number of ether oxygens (including phenoxy) is 1. The predicted molar refractivity (Wildman–Crippen MR) is 123 cm³/mol. The topological polar surface area (TPSA) is 80.5 Å². The number of nitrogens with one attached hydrogen (secondary N) is 1. The molecule has 0 bridgehead atoms. The molecule has 1 saturated carbocycles. The van der Waals surface area contributed by atoms with E-state index in [0.717, 1.165) is 79.6 Å². The number of hydrogen-bond acceptors (Lipinski definition) is 6. The maximum Gasteiger partial charge on any atom is 0.228 e. The number of fused-ring (bicyclic) bond motifs is 1. The summed E-state index contributed by atoms with van der Waals surface area (Å²) in [4.78, 5) is 24.2. The summed E-state index contributed by atoms with van der Waals surface area (Å²) in [5.74, 6) is 2.12. The van der Waals surface area contributed by atoms with Crippen LogP contribution in [0.25, 0.3) is 22.1 Å². The van der Waals surface area contributed by atoms with Crippen LogP contribution in [0.15, 0.2) is 35.0 Å². The van der Waals surface area contributed by atoms with Gasteiger partial charge in [-0.05, 0) is 61.8 Å². The molecule has 1 aliphatic heterocycles. The van der Waals surface area contributed by atoms with Crippen molar-refractivity contribution in [3.63, 3.8) is 0 Å². The number of hydrogen-bond donors (Lipinski definition) is 1. The molecular formula is C25H30N4O3. The lowest BCUT2D eigenvalue weighted by molar-refractivity contribution is -0.121. The molecule has 32 heavy (non-hydrogen) atoms. The monoisotopic (exact) mass is 434 g/mol. The SMILES string of the molecule is Cc1ncc(-c2cc(C)c3cnc(NC(=O)C4CCC(N5CCOCC5)CC4)cc3c2)o1. The number of carbonyl (C=O) groups is 1. The highest BCUT2D eigenvalue weighted by atomic mass is 16.5. The Morgan fingerprint density at radius 2 is 1.81 bits per heavy atom. The average Bonchev–Trinajstić information content (AvgIpc) is 3.26. The third kappa shape index (κ3) is 4.40. The lowest BCUT2D eigenvalue weighted by Gasteiger charge is -2.38. The summed E-state index contributed by atoms with van der Waals surface area (Å²) in [6, 6.07) is 6.68. The van der Waals surface area contributed by atoms with E-state index < -0.39 is 0 Å². The molecule has 1 aromatic carbocycles. The van der Waals surface area contributed by atoms with Crippen molar-refractivity contribution in [2.45, 2.75) is 45.6 Å². The Morgan fingerprint density at radius 1 is 1.03 bits per heavy atom. The number of nitrogens with zero attached hydrogens (tertiary/aromatic N) is 3.